The van der Waals surface area contributed by atoms with Crippen LogP contribution in [0.5, 0.6) is 0 Å². The van der Waals surface area contributed by atoms with Crippen molar-refractivity contribution >= 4 is 5.97 Å². The van der Waals surface area contributed by atoms with Crippen molar-refractivity contribution in [2.75, 3.05) is 0 Å². The monoisotopic (exact) mass is 396 g/mol. The van der Waals surface area contributed by atoms with Crippen LogP contribution >= 0.6 is 0 Å². The van der Waals surface area contributed by atoms with E-state index < -0.39 is 48.9 Å². The Morgan fingerprint density at radius 1 is 0.923 bits per heavy atom. The molecule has 0 aliphatic rings. The molecule has 0 spiro atoms. The van der Waals surface area contributed by atoms with Crippen molar-refractivity contribution in [3.8, 4) is 0 Å². The fraction of sp³-hybridized carbons (Fsp3) is 0.533. The second-order valence-electron chi connectivity index (χ2n) is 5.47. The second kappa shape index (κ2) is 7.36. The average molecular weight is 396 g/mol. The number of carbonyl (C=O) groups is 1. The van der Waals surface area contributed by atoms with Gasteiger partial charge in [-0.05, 0) is 25.5 Å². The zero-order chi connectivity index (χ0) is 20.4. The summed E-state index contributed by atoms with van der Waals surface area (Å²) in [7, 11) is 0. The predicted octanol–water partition coefficient (Wildman–Crippen LogP) is 5.48. The van der Waals surface area contributed by atoms with Crippen LogP contribution in [0.3, 0.4) is 0 Å². The minimum absolute atomic E-state index is 0.0139. The third kappa shape index (κ3) is 4.42. The summed E-state index contributed by atoms with van der Waals surface area (Å²) in [6.45, 7) is 1.01. The van der Waals surface area contributed by atoms with Gasteiger partial charge in [-0.25, -0.2) is 4.79 Å². The molecule has 26 heavy (non-hydrogen) atoms. The van der Waals surface area contributed by atoms with E-state index >= 15 is 0 Å². The van der Waals surface area contributed by atoms with E-state index in [1.165, 1.54) is 24.3 Å². The third-order valence-electron chi connectivity index (χ3n) is 3.39. The van der Waals surface area contributed by atoms with Crippen molar-refractivity contribution in [1.82, 2.24) is 0 Å². The zero-order valence-corrected chi connectivity index (χ0v) is 13.1. The quantitative estimate of drug-likeness (QED) is 0.451. The van der Waals surface area contributed by atoms with Crippen molar-refractivity contribution in [2.24, 2.45) is 0 Å². The third-order valence-corrected chi connectivity index (χ3v) is 3.39. The number of halogens is 9. The lowest BCUT2D eigenvalue weighted by molar-refractivity contribution is -0.397. The summed E-state index contributed by atoms with van der Waals surface area (Å²) in [6, 6.07) is 7.08. The topological polar surface area (TPSA) is 26.3 Å². The molecule has 148 valence electrons. The Bertz CT molecular complexity index is 611. The Hall–Kier alpha value is -1.94. The number of ether oxygens (including phenoxy) is 1. The van der Waals surface area contributed by atoms with Crippen LogP contribution in [-0.4, -0.2) is 36.0 Å². The van der Waals surface area contributed by atoms with Gasteiger partial charge in [-0.1, -0.05) is 18.2 Å². The van der Waals surface area contributed by atoms with Crippen molar-refractivity contribution in [3.05, 3.63) is 35.9 Å². The lowest BCUT2D eigenvalue weighted by Gasteiger charge is -2.34. The van der Waals surface area contributed by atoms with E-state index in [-0.39, 0.29) is 5.56 Å². The van der Waals surface area contributed by atoms with E-state index in [2.05, 4.69) is 4.74 Å². The summed E-state index contributed by atoms with van der Waals surface area (Å²) in [5.41, 5.74) is 0.0139. The molecule has 2 nitrogen and oxygen atoms in total. The molecule has 0 heterocycles. The normalized spacial score (nSPS) is 14.8. The molecular formula is C15H13F9O2. The predicted molar refractivity (Wildman–Crippen MR) is 71.4 cm³/mol. The molecular weight excluding hydrogens is 383 g/mol. The lowest BCUT2D eigenvalue weighted by Crippen LogP contribution is -2.60. The van der Waals surface area contributed by atoms with Crippen LogP contribution in [0, 0.1) is 0 Å². The summed E-state index contributed by atoms with van der Waals surface area (Å²) in [5.74, 6) is -20.3. The molecule has 0 aliphatic heterocycles. The molecule has 0 N–H and O–H groups in total. The Labute approximate surface area is 141 Å². The summed E-state index contributed by atoms with van der Waals surface area (Å²) in [5, 5.41) is 0. The van der Waals surface area contributed by atoms with Crippen molar-refractivity contribution < 1.29 is 49.0 Å². The summed E-state index contributed by atoms with van der Waals surface area (Å²) >= 11 is 0. The maximum absolute atomic E-state index is 13.4. The smallest absolute Gasteiger partial charge is 0.459 e. The van der Waals surface area contributed by atoms with Crippen LogP contribution in [0.4, 0.5) is 39.5 Å². The number of rotatable bonds is 7. The second-order valence-corrected chi connectivity index (χ2v) is 5.47. The first-order chi connectivity index (χ1) is 11.6. The first-order valence-electron chi connectivity index (χ1n) is 7.09. The first kappa shape index (κ1) is 22.1. The number of alkyl halides is 9. The van der Waals surface area contributed by atoms with Crippen molar-refractivity contribution in [2.45, 2.75) is 49.8 Å². The summed E-state index contributed by atoms with van der Waals surface area (Å²) in [6.07, 6.45) is -11.4. The fourth-order valence-electron chi connectivity index (χ4n) is 1.83. The van der Waals surface area contributed by atoms with E-state index in [0.717, 1.165) is 6.92 Å². The SMILES string of the molecule is CC(CCC(F)(F)C(F)(F)C(F)(F)C(F)(F)F)OC(=O)c1ccccc1. The van der Waals surface area contributed by atoms with Crippen LogP contribution in [0.25, 0.3) is 0 Å². The van der Waals surface area contributed by atoms with Crippen molar-refractivity contribution in [3.63, 3.8) is 0 Å². The van der Waals surface area contributed by atoms with Crippen LogP contribution < -0.4 is 0 Å². The highest BCUT2D eigenvalue weighted by Crippen LogP contribution is 2.54. The van der Waals surface area contributed by atoms with E-state index in [4.69, 9.17) is 0 Å². The van der Waals surface area contributed by atoms with Gasteiger partial charge in [0.2, 0.25) is 0 Å². The van der Waals surface area contributed by atoms with E-state index in [1.807, 2.05) is 0 Å². The highest BCUT2D eigenvalue weighted by Gasteiger charge is 2.81. The Morgan fingerprint density at radius 3 is 1.88 bits per heavy atom. The molecule has 0 bridgehead atoms. The molecule has 0 saturated heterocycles. The number of esters is 1. The summed E-state index contributed by atoms with van der Waals surface area (Å²) in [4.78, 5) is 11.6. The van der Waals surface area contributed by atoms with Gasteiger partial charge in [0.1, 0.15) is 0 Å². The van der Waals surface area contributed by atoms with E-state index in [0.29, 0.717) is 0 Å². The van der Waals surface area contributed by atoms with E-state index in [9.17, 15) is 44.3 Å². The molecule has 0 amide bonds. The van der Waals surface area contributed by atoms with Gasteiger partial charge < -0.3 is 4.74 Å². The molecule has 1 unspecified atom stereocenters. The average Bonchev–Trinajstić information content (AvgIpc) is 2.52. The standard InChI is InChI=1S/C15H13F9O2/c1-9(26-11(25)10-5-3-2-4-6-10)7-8-12(16,17)13(18,19)14(20,21)15(22,23)24/h2-6,9H,7-8H2,1H3. The largest absolute Gasteiger partial charge is 0.460 e. The number of hydrogen-bond donors (Lipinski definition) is 0. The lowest BCUT2D eigenvalue weighted by atomic mass is 9.98. The summed E-state index contributed by atoms with van der Waals surface area (Å²) < 4.78 is 119. The van der Waals surface area contributed by atoms with Gasteiger partial charge in [0.15, 0.2) is 0 Å². The Balaban J connectivity index is 2.76. The Kier molecular flexibility index (Phi) is 6.25. The van der Waals surface area contributed by atoms with Gasteiger partial charge in [-0.15, -0.1) is 0 Å². The molecule has 0 radical (unpaired) electrons. The molecule has 1 atom stereocenters. The number of carbonyl (C=O) groups excluding carboxylic acids is 1. The molecule has 0 aromatic heterocycles. The molecule has 1 aromatic rings. The Morgan fingerprint density at radius 2 is 1.42 bits per heavy atom. The van der Waals surface area contributed by atoms with Crippen LogP contribution in [0.2, 0.25) is 0 Å². The minimum Gasteiger partial charge on any atom is -0.459 e. The molecule has 1 aromatic carbocycles. The molecule has 0 aliphatic carbocycles. The highest BCUT2D eigenvalue weighted by atomic mass is 19.4. The molecule has 11 heteroatoms. The molecule has 0 saturated carbocycles. The van der Waals surface area contributed by atoms with Gasteiger partial charge in [0.05, 0.1) is 11.7 Å². The maximum atomic E-state index is 13.4. The van der Waals surface area contributed by atoms with Crippen LogP contribution in [0.1, 0.15) is 30.1 Å². The maximum Gasteiger partial charge on any atom is 0.460 e. The molecule has 1 rings (SSSR count). The van der Waals surface area contributed by atoms with Gasteiger partial charge in [-0.2, -0.15) is 39.5 Å². The van der Waals surface area contributed by atoms with Gasteiger partial charge >= 0.3 is 29.9 Å². The molecule has 0 fully saturated rings. The zero-order valence-electron chi connectivity index (χ0n) is 13.1. The first-order valence-corrected chi connectivity index (χ1v) is 7.09. The van der Waals surface area contributed by atoms with Crippen LogP contribution in [0.15, 0.2) is 30.3 Å². The number of hydrogen-bond acceptors (Lipinski definition) is 2. The van der Waals surface area contributed by atoms with Crippen molar-refractivity contribution in [1.29, 1.82) is 0 Å². The van der Waals surface area contributed by atoms with E-state index in [1.54, 1.807) is 6.07 Å². The van der Waals surface area contributed by atoms with Crippen LogP contribution in [-0.2, 0) is 4.74 Å². The highest BCUT2D eigenvalue weighted by molar-refractivity contribution is 5.89. The van der Waals surface area contributed by atoms with Gasteiger partial charge in [0, 0.05) is 6.42 Å². The van der Waals surface area contributed by atoms with Gasteiger partial charge in [-0.3, -0.25) is 0 Å². The van der Waals surface area contributed by atoms with Gasteiger partial charge in [0.25, 0.3) is 0 Å². The fourth-order valence-corrected chi connectivity index (χ4v) is 1.83. The number of benzene rings is 1. The minimum atomic E-state index is -6.92.